The lowest BCUT2D eigenvalue weighted by Crippen LogP contribution is -2.22. The molecule has 0 aliphatic rings. The highest BCUT2D eigenvalue weighted by atomic mass is 19.4. The molecule has 0 amide bonds. The molecule has 0 unspecified atom stereocenters. The molecular weight excluding hydrogens is 328 g/mol. The minimum absolute atomic E-state index is 0.0318. The summed E-state index contributed by atoms with van der Waals surface area (Å²) in [7, 11) is 0. The van der Waals surface area contributed by atoms with E-state index in [1.54, 1.807) is 13.0 Å². The van der Waals surface area contributed by atoms with Crippen LogP contribution in [0.2, 0.25) is 0 Å². The van der Waals surface area contributed by atoms with Crippen molar-refractivity contribution in [2.24, 2.45) is 0 Å². The molecule has 0 fully saturated rings. The van der Waals surface area contributed by atoms with Gasteiger partial charge in [0.25, 0.3) is 0 Å². The number of anilines is 2. The van der Waals surface area contributed by atoms with Gasteiger partial charge in [-0.1, -0.05) is 18.2 Å². The van der Waals surface area contributed by atoms with Crippen LogP contribution in [0.4, 0.5) is 29.3 Å². The molecule has 0 radical (unpaired) electrons. The number of nitrogens with zero attached hydrogens (tertiary/aromatic N) is 2. The van der Waals surface area contributed by atoms with E-state index in [-0.39, 0.29) is 24.9 Å². The predicted octanol–water partition coefficient (Wildman–Crippen LogP) is 3.04. The summed E-state index contributed by atoms with van der Waals surface area (Å²) in [5.74, 6) is -0.849. The van der Waals surface area contributed by atoms with Crippen molar-refractivity contribution in [3.05, 3.63) is 47.4 Å². The molecule has 0 saturated heterocycles. The summed E-state index contributed by atoms with van der Waals surface area (Å²) in [4.78, 5) is 7.31. The van der Waals surface area contributed by atoms with Gasteiger partial charge in [-0.2, -0.15) is 18.2 Å². The van der Waals surface area contributed by atoms with Gasteiger partial charge >= 0.3 is 6.18 Å². The number of rotatable bonds is 6. The summed E-state index contributed by atoms with van der Waals surface area (Å²) in [6, 6.07) is 6.14. The Morgan fingerprint density at radius 2 is 1.92 bits per heavy atom. The van der Waals surface area contributed by atoms with Crippen molar-refractivity contribution in [1.82, 2.24) is 9.97 Å². The van der Waals surface area contributed by atoms with E-state index in [1.165, 1.54) is 18.2 Å². The summed E-state index contributed by atoms with van der Waals surface area (Å²) >= 11 is 0. The van der Waals surface area contributed by atoms with Crippen LogP contribution in [-0.2, 0) is 12.7 Å². The van der Waals surface area contributed by atoms with E-state index in [1.807, 2.05) is 0 Å². The molecule has 0 aliphatic carbocycles. The third-order valence-corrected chi connectivity index (χ3v) is 3.08. The van der Waals surface area contributed by atoms with E-state index in [0.717, 1.165) is 6.07 Å². The van der Waals surface area contributed by atoms with Crippen molar-refractivity contribution in [2.45, 2.75) is 25.7 Å². The van der Waals surface area contributed by atoms with Crippen molar-refractivity contribution in [3.8, 4) is 0 Å². The van der Waals surface area contributed by atoms with Crippen molar-refractivity contribution >= 4 is 11.8 Å². The molecular formula is C15H16F4N4O. The molecule has 0 bridgehead atoms. The molecule has 1 heterocycles. The van der Waals surface area contributed by atoms with Gasteiger partial charge in [0.15, 0.2) is 5.69 Å². The maximum absolute atomic E-state index is 13.6. The Bertz CT molecular complexity index is 693. The quantitative estimate of drug-likeness (QED) is 0.703. The first-order valence-electron chi connectivity index (χ1n) is 7.10. The van der Waals surface area contributed by atoms with Gasteiger partial charge in [0.2, 0.25) is 5.95 Å². The Hall–Kier alpha value is -2.42. The van der Waals surface area contributed by atoms with Crippen molar-refractivity contribution in [1.29, 1.82) is 0 Å². The molecule has 9 heteroatoms. The summed E-state index contributed by atoms with van der Waals surface area (Å²) in [6.45, 7) is 1.24. The summed E-state index contributed by atoms with van der Waals surface area (Å²) in [6.07, 6.45) is -4.66. The lowest BCUT2D eigenvalue weighted by atomic mass is 10.2. The molecule has 5 nitrogen and oxygen atoms in total. The average Bonchev–Trinajstić information content (AvgIpc) is 2.53. The Morgan fingerprint density at radius 1 is 1.21 bits per heavy atom. The molecule has 1 aromatic heterocycles. The SMILES string of the molecule is C[C@@H](CO)Nc1nc(NCc2ccccc2F)cc(C(F)(F)F)n1. The first-order valence-corrected chi connectivity index (χ1v) is 7.10. The molecule has 0 spiro atoms. The lowest BCUT2D eigenvalue weighted by molar-refractivity contribution is -0.141. The van der Waals surface area contributed by atoms with Gasteiger partial charge in [0.05, 0.1) is 6.61 Å². The number of hydrogen-bond acceptors (Lipinski definition) is 5. The number of aliphatic hydroxyl groups excluding tert-OH is 1. The number of halogens is 4. The second-order valence-corrected chi connectivity index (χ2v) is 5.13. The van der Waals surface area contributed by atoms with E-state index < -0.39 is 23.7 Å². The van der Waals surface area contributed by atoms with Crippen molar-refractivity contribution in [2.75, 3.05) is 17.2 Å². The highest BCUT2D eigenvalue weighted by Crippen LogP contribution is 2.30. The maximum Gasteiger partial charge on any atom is 0.433 e. The Kier molecular flexibility index (Phi) is 5.55. The highest BCUT2D eigenvalue weighted by molar-refractivity contribution is 5.44. The molecule has 1 aromatic carbocycles. The van der Waals surface area contributed by atoms with Crippen LogP contribution in [0.15, 0.2) is 30.3 Å². The zero-order chi connectivity index (χ0) is 17.7. The number of alkyl halides is 3. The molecule has 2 rings (SSSR count). The second kappa shape index (κ2) is 7.43. The standard InChI is InChI=1S/C15H16F4N4O/c1-9(8-24)21-14-22-12(15(17,18)19)6-13(23-14)20-7-10-4-2-3-5-11(10)16/h2-6,9,24H,7-8H2,1H3,(H2,20,21,22,23)/t9-/m0/s1. The van der Waals surface area contributed by atoms with E-state index >= 15 is 0 Å². The number of nitrogens with one attached hydrogen (secondary N) is 2. The van der Waals surface area contributed by atoms with E-state index in [4.69, 9.17) is 5.11 Å². The van der Waals surface area contributed by atoms with Crippen LogP contribution >= 0.6 is 0 Å². The molecule has 130 valence electrons. The Morgan fingerprint density at radius 3 is 2.54 bits per heavy atom. The molecule has 0 saturated carbocycles. The molecule has 2 aromatic rings. The minimum Gasteiger partial charge on any atom is -0.394 e. The van der Waals surface area contributed by atoms with Crippen LogP contribution in [-0.4, -0.2) is 27.7 Å². The van der Waals surface area contributed by atoms with E-state index in [0.29, 0.717) is 5.56 Å². The van der Waals surface area contributed by atoms with Crippen molar-refractivity contribution in [3.63, 3.8) is 0 Å². The Labute approximate surface area is 135 Å². The second-order valence-electron chi connectivity index (χ2n) is 5.13. The van der Waals surface area contributed by atoms with Gasteiger partial charge in [-0.3, -0.25) is 0 Å². The first-order chi connectivity index (χ1) is 11.3. The van der Waals surface area contributed by atoms with E-state index in [9.17, 15) is 17.6 Å². The fourth-order valence-corrected chi connectivity index (χ4v) is 1.84. The normalized spacial score (nSPS) is 12.8. The number of benzene rings is 1. The molecule has 3 N–H and O–H groups in total. The number of hydrogen-bond donors (Lipinski definition) is 3. The van der Waals surface area contributed by atoms with Crippen LogP contribution in [0.5, 0.6) is 0 Å². The Balaban J connectivity index is 2.24. The average molecular weight is 344 g/mol. The highest BCUT2D eigenvalue weighted by Gasteiger charge is 2.33. The van der Waals surface area contributed by atoms with Gasteiger partial charge in [0, 0.05) is 24.2 Å². The van der Waals surface area contributed by atoms with Crippen molar-refractivity contribution < 1.29 is 22.7 Å². The van der Waals surface area contributed by atoms with E-state index in [2.05, 4.69) is 20.6 Å². The van der Waals surface area contributed by atoms with Crippen LogP contribution in [0, 0.1) is 5.82 Å². The van der Waals surface area contributed by atoms with Gasteiger partial charge in [0.1, 0.15) is 11.6 Å². The van der Waals surface area contributed by atoms with Crippen LogP contribution in [0.25, 0.3) is 0 Å². The summed E-state index contributed by atoms with van der Waals surface area (Å²) < 4.78 is 52.4. The fourth-order valence-electron chi connectivity index (χ4n) is 1.84. The third-order valence-electron chi connectivity index (χ3n) is 3.08. The fraction of sp³-hybridized carbons (Fsp3) is 0.333. The number of aliphatic hydroxyl groups is 1. The van der Waals surface area contributed by atoms with Gasteiger partial charge in [-0.15, -0.1) is 0 Å². The molecule has 1 atom stereocenters. The maximum atomic E-state index is 13.6. The lowest BCUT2D eigenvalue weighted by Gasteiger charge is -2.15. The molecule has 0 aliphatic heterocycles. The van der Waals surface area contributed by atoms with Gasteiger partial charge in [-0.05, 0) is 13.0 Å². The van der Waals surface area contributed by atoms with Crippen LogP contribution in [0.1, 0.15) is 18.2 Å². The topological polar surface area (TPSA) is 70.1 Å². The molecule has 24 heavy (non-hydrogen) atoms. The van der Waals surface area contributed by atoms with Gasteiger partial charge in [-0.25, -0.2) is 9.37 Å². The summed E-state index contributed by atoms with van der Waals surface area (Å²) in [5, 5.41) is 14.2. The smallest absolute Gasteiger partial charge is 0.394 e. The first kappa shape index (κ1) is 17.9. The zero-order valence-electron chi connectivity index (χ0n) is 12.7. The minimum atomic E-state index is -4.66. The van der Waals surface area contributed by atoms with Gasteiger partial charge < -0.3 is 15.7 Å². The summed E-state index contributed by atoms with van der Waals surface area (Å²) in [5.41, 5.74) is -0.843. The van der Waals surface area contributed by atoms with Crippen LogP contribution < -0.4 is 10.6 Å². The monoisotopic (exact) mass is 344 g/mol. The third kappa shape index (κ3) is 4.79. The zero-order valence-corrected chi connectivity index (χ0v) is 12.7. The predicted molar refractivity (Wildman–Crippen MR) is 80.9 cm³/mol. The number of aromatic nitrogens is 2. The largest absolute Gasteiger partial charge is 0.433 e. The van der Waals surface area contributed by atoms with Crippen LogP contribution in [0.3, 0.4) is 0 Å².